The summed E-state index contributed by atoms with van der Waals surface area (Å²) in [5.74, 6) is 0. The van der Waals surface area contributed by atoms with Crippen molar-refractivity contribution in [2.45, 2.75) is 24.3 Å². The third-order valence-electron chi connectivity index (χ3n) is 3.78. The molecule has 0 fully saturated rings. The minimum atomic E-state index is -6.06. The van der Waals surface area contributed by atoms with Crippen LogP contribution in [0, 0.1) is 0 Å². The number of anilines is 1. The van der Waals surface area contributed by atoms with E-state index in [0.29, 0.717) is 24.2 Å². The van der Waals surface area contributed by atoms with Gasteiger partial charge in [-0.1, -0.05) is 28.4 Å². The van der Waals surface area contributed by atoms with Gasteiger partial charge < -0.3 is 4.90 Å². The van der Waals surface area contributed by atoms with E-state index in [1.807, 2.05) is 18.7 Å². The monoisotopic (exact) mass is 410 g/mol. The number of fused-ring (bicyclic) bond motifs is 1. The summed E-state index contributed by atoms with van der Waals surface area (Å²) in [7, 11) is -11.0. The first-order chi connectivity index (χ1) is 11.9. The minimum Gasteiger partial charge on any atom is -0.372 e. The zero-order valence-electron chi connectivity index (χ0n) is 13.9. The molecular formula is C15H17F3N2O4S2. The average Bonchev–Trinajstić information content (AvgIpc) is 2.53. The zero-order chi connectivity index (χ0) is 19.8. The molecular weight excluding hydrogens is 393 g/mol. The number of alkyl halides is 3. The Morgan fingerprint density at radius 3 is 1.96 bits per heavy atom. The van der Waals surface area contributed by atoms with Gasteiger partial charge in [-0.2, -0.15) is 13.2 Å². The van der Waals surface area contributed by atoms with E-state index >= 15 is 0 Å². The summed E-state index contributed by atoms with van der Waals surface area (Å²) >= 11 is 0. The predicted octanol–water partition coefficient (Wildman–Crippen LogP) is 2.81. The van der Waals surface area contributed by atoms with Crippen molar-refractivity contribution >= 4 is 36.5 Å². The van der Waals surface area contributed by atoms with Crippen molar-refractivity contribution in [3.8, 4) is 0 Å². The van der Waals surface area contributed by atoms with Crippen LogP contribution in [0.2, 0.25) is 0 Å². The Balaban J connectivity index is 2.67. The third kappa shape index (κ3) is 3.79. The molecule has 2 aromatic rings. The van der Waals surface area contributed by atoms with E-state index in [1.54, 1.807) is 12.1 Å². The van der Waals surface area contributed by atoms with Crippen LogP contribution >= 0.6 is 0 Å². The van der Waals surface area contributed by atoms with E-state index in [1.165, 1.54) is 18.2 Å². The van der Waals surface area contributed by atoms with Crippen molar-refractivity contribution in [2.75, 3.05) is 18.0 Å². The lowest BCUT2D eigenvalue weighted by molar-refractivity contribution is -0.0441. The van der Waals surface area contributed by atoms with Crippen LogP contribution in [0.3, 0.4) is 0 Å². The molecule has 2 rings (SSSR count). The lowest BCUT2D eigenvalue weighted by Gasteiger charge is -2.23. The molecule has 0 saturated heterocycles. The highest BCUT2D eigenvalue weighted by Gasteiger charge is 2.48. The molecule has 2 aromatic carbocycles. The maximum absolute atomic E-state index is 12.5. The average molecular weight is 410 g/mol. The van der Waals surface area contributed by atoms with E-state index in [9.17, 15) is 30.0 Å². The summed E-state index contributed by atoms with van der Waals surface area (Å²) in [6.07, 6.45) is 0. The van der Waals surface area contributed by atoms with Gasteiger partial charge in [-0.25, -0.2) is 16.8 Å². The van der Waals surface area contributed by atoms with Gasteiger partial charge in [-0.3, -0.25) is 0 Å². The summed E-state index contributed by atoms with van der Waals surface area (Å²) < 4.78 is 85.5. The molecule has 0 heterocycles. The molecule has 144 valence electrons. The van der Waals surface area contributed by atoms with E-state index in [-0.39, 0.29) is 5.39 Å². The normalized spacial score (nSPS) is 13.1. The molecule has 0 radical (unpaired) electrons. The highest BCUT2D eigenvalue weighted by atomic mass is 32.3. The molecule has 0 saturated carbocycles. The second-order valence-corrected chi connectivity index (χ2v) is 8.92. The summed E-state index contributed by atoms with van der Waals surface area (Å²) in [5, 5.41) is 0.616. The number of hydrogen-bond acceptors (Lipinski definition) is 5. The smallest absolute Gasteiger partial charge is 0.372 e. The fourth-order valence-electron chi connectivity index (χ4n) is 2.57. The van der Waals surface area contributed by atoms with E-state index in [2.05, 4.69) is 0 Å². The van der Waals surface area contributed by atoms with Gasteiger partial charge in [0.1, 0.15) is 0 Å². The molecule has 0 amide bonds. The van der Waals surface area contributed by atoms with E-state index in [4.69, 9.17) is 0 Å². The summed E-state index contributed by atoms with van der Waals surface area (Å²) in [6.45, 7) is 5.07. The van der Waals surface area contributed by atoms with Crippen LogP contribution < -0.4 is 9.03 Å². The van der Waals surface area contributed by atoms with Gasteiger partial charge in [-0.05, 0) is 26.0 Å². The third-order valence-corrected chi connectivity index (χ3v) is 7.08. The standard InChI is InChI=1S/C15H17F3N2O4S2/c1-3-20(4-2)13-9-10-14(12-8-6-5-7-11(12)13)25(21,22)19-26(23,24)15(16,17)18/h5-10,19H,3-4H2,1-2H3. The van der Waals surface area contributed by atoms with Gasteiger partial charge in [0.25, 0.3) is 10.0 Å². The van der Waals surface area contributed by atoms with Crippen LogP contribution in [0.5, 0.6) is 0 Å². The van der Waals surface area contributed by atoms with Gasteiger partial charge >= 0.3 is 15.5 Å². The molecule has 11 heteroatoms. The minimum absolute atomic E-state index is 0.127. The van der Waals surface area contributed by atoms with Gasteiger partial charge in [0.05, 0.1) is 4.90 Å². The first-order valence-corrected chi connectivity index (χ1v) is 10.5. The van der Waals surface area contributed by atoms with Crippen LogP contribution in [-0.2, 0) is 20.0 Å². The molecule has 0 aliphatic carbocycles. The zero-order valence-corrected chi connectivity index (χ0v) is 15.5. The Bertz CT molecular complexity index is 1010. The Morgan fingerprint density at radius 1 is 0.923 bits per heavy atom. The largest absolute Gasteiger partial charge is 0.512 e. The van der Waals surface area contributed by atoms with Gasteiger partial charge in [0.2, 0.25) is 0 Å². The number of halogens is 3. The Hall–Kier alpha value is -1.85. The number of nitrogens with zero attached hydrogens (tertiary/aromatic N) is 1. The molecule has 0 unspecified atom stereocenters. The fourth-order valence-corrected chi connectivity index (χ4v) is 5.17. The van der Waals surface area contributed by atoms with Crippen molar-refractivity contribution in [3.05, 3.63) is 36.4 Å². The number of benzene rings is 2. The number of rotatable bonds is 6. The van der Waals surface area contributed by atoms with Crippen LogP contribution in [0.25, 0.3) is 10.8 Å². The van der Waals surface area contributed by atoms with Gasteiger partial charge in [0.15, 0.2) is 0 Å². The maximum atomic E-state index is 12.5. The molecule has 26 heavy (non-hydrogen) atoms. The maximum Gasteiger partial charge on any atom is 0.512 e. The van der Waals surface area contributed by atoms with Crippen molar-refractivity contribution in [1.82, 2.24) is 4.13 Å². The molecule has 1 N–H and O–H groups in total. The Labute approximate surface area is 149 Å². The topological polar surface area (TPSA) is 83.6 Å². The number of hydrogen-bond donors (Lipinski definition) is 1. The predicted molar refractivity (Wildman–Crippen MR) is 92.8 cm³/mol. The molecule has 0 spiro atoms. The van der Waals surface area contributed by atoms with Crippen molar-refractivity contribution in [2.24, 2.45) is 0 Å². The van der Waals surface area contributed by atoms with Crippen molar-refractivity contribution in [1.29, 1.82) is 0 Å². The summed E-state index contributed by atoms with van der Waals surface area (Å²) in [6, 6.07) is 8.77. The molecule has 0 aliphatic heterocycles. The first kappa shape index (κ1) is 20.5. The second kappa shape index (κ2) is 7.05. The molecule has 0 atom stereocenters. The van der Waals surface area contributed by atoms with Crippen molar-refractivity contribution < 1.29 is 30.0 Å². The summed E-state index contributed by atoms with van der Waals surface area (Å²) in [4.78, 5) is 1.40. The quantitative estimate of drug-likeness (QED) is 0.792. The SMILES string of the molecule is CCN(CC)c1ccc(S(=O)(=O)NS(=O)(=O)C(F)(F)F)c2ccccc12. The lowest BCUT2D eigenvalue weighted by atomic mass is 10.1. The fraction of sp³-hybridized carbons (Fsp3) is 0.333. The van der Waals surface area contributed by atoms with E-state index in [0.717, 1.165) is 10.2 Å². The highest BCUT2D eigenvalue weighted by Crippen LogP contribution is 2.32. The lowest BCUT2D eigenvalue weighted by Crippen LogP contribution is -2.40. The van der Waals surface area contributed by atoms with E-state index < -0.39 is 30.5 Å². The first-order valence-electron chi connectivity index (χ1n) is 7.56. The Morgan fingerprint density at radius 2 is 1.46 bits per heavy atom. The molecule has 0 bridgehead atoms. The highest BCUT2D eigenvalue weighted by molar-refractivity contribution is 8.05. The van der Waals surface area contributed by atoms with Crippen LogP contribution in [0.4, 0.5) is 18.9 Å². The molecule has 0 aliphatic rings. The van der Waals surface area contributed by atoms with Crippen LogP contribution in [0.1, 0.15) is 13.8 Å². The second-order valence-electron chi connectivity index (χ2n) is 5.34. The van der Waals surface area contributed by atoms with Crippen LogP contribution in [0.15, 0.2) is 41.3 Å². The number of nitrogens with one attached hydrogen (secondary N) is 1. The summed E-state index contributed by atoms with van der Waals surface area (Å²) in [5.41, 5.74) is -5.04. The van der Waals surface area contributed by atoms with Crippen LogP contribution in [-0.4, -0.2) is 35.4 Å². The Kier molecular flexibility index (Phi) is 5.54. The molecule has 6 nitrogen and oxygen atoms in total. The number of sulfonamides is 2. The van der Waals surface area contributed by atoms with Gasteiger partial charge in [-0.15, -0.1) is 0 Å². The van der Waals surface area contributed by atoms with Gasteiger partial charge in [0, 0.05) is 29.5 Å². The molecule has 0 aromatic heterocycles. The van der Waals surface area contributed by atoms with Crippen molar-refractivity contribution in [3.63, 3.8) is 0 Å².